The van der Waals surface area contributed by atoms with Gasteiger partial charge in [-0.15, -0.1) is 0 Å². The fourth-order valence-electron chi connectivity index (χ4n) is 2.49. The van der Waals surface area contributed by atoms with E-state index in [9.17, 15) is 5.11 Å². The third-order valence-electron chi connectivity index (χ3n) is 3.54. The smallest absolute Gasteiger partial charge is 0.0920 e. The van der Waals surface area contributed by atoms with E-state index in [0.29, 0.717) is 5.92 Å². The van der Waals surface area contributed by atoms with Crippen LogP contribution in [0.5, 0.6) is 0 Å². The number of nitrogens with one attached hydrogen (secondary N) is 1. The van der Waals surface area contributed by atoms with Crippen LogP contribution in [0.2, 0.25) is 0 Å². The summed E-state index contributed by atoms with van der Waals surface area (Å²) in [6.07, 6.45) is 4.37. The predicted molar refractivity (Wildman–Crippen MR) is 83.4 cm³/mol. The van der Waals surface area contributed by atoms with Gasteiger partial charge in [-0.1, -0.05) is 38.8 Å². The maximum Gasteiger partial charge on any atom is 0.0920 e. The molecule has 0 saturated carbocycles. The van der Waals surface area contributed by atoms with Gasteiger partial charge in [0.15, 0.2) is 0 Å². The van der Waals surface area contributed by atoms with Crippen molar-refractivity contribution in [3.63, 3.8) is 0 Å². The number of hydrogen-bond acceptors (Lipinski definition) is 3. The number of hydrogen-bond donors (Lipinski definition) is 2. The van der Waals surface area contributed by atoms with Crippen molar-refractivity contribution in [2.45, 2.75) is 52.1 Å². The Kier molecular flexibility index (Phi) is 7.75. The van der Waals surface area contributed by atoms with Crippen LogP contribution in [0.25, 0.3) is 0 Å². The zero-order valence-corrected chi connectivity index (χ0v) is 12.6. The molecule has 3 nitrogen and oxygen atoms in total. The van der Waals surface area contributed by atoms with Crippen LogP contribution in [0, 0.1) is 17.2 Å². The Balaban J connectivity index is 2.59. The highest BCUT2D eigenvalue weighted by atomic mass is 16.3. The molecule has 0 spiro atoms. The van der Waals surface area contributed by atoms with Gasteiger partial charge in [0.05, 0.1) is 18.6 Å². The highest BCUT2D eigenvalue weighted by molar-refractivity contribution is 5.46. The zero-order chi connectivity index (χ0) is 14.8. The van der Waals surface area contributed by atoms with Gasteiger partial charge < -0.3 is 10.4 Å². The molecule has 0 aromatic heterocycles. The Morgan fingerprint density at radius 3 is 2.55 bits per heavy atom. The lowest BCUT2D eigenvalue weighted by atomic mass is 9.98. The molecule has 0 fully saturated rings. The Morgan fingerprint density at radius 1 is 1.25 bits per heavy atom. The molecule has 0 amide bonds. The van der Waals surface area contributed by atoms with Crippen LogP contribution >= 0.6 is 0 Å². The number of nitrogens with zero attached hydrogens (tertiary/aromatic N) is 1. The van der Waals surface area contributed by atoms with E-state index in [2.05, 4.69) is 19.2 Å². The maximum absolute atomic E-state index is 9.84. The summed E-state index contributed by atoms with van der Waals surface area (Å²) in [6.45, 7) is 5.42. The number of aliphatic hydroxyl groups is 1. The van der Waals surface area contributed by atoms with Crippen LogP contribution in [-0.4, -0.2) is 11.7 Å². The Bertz CT molecular complexity index is 419. The zero-order valence-electron chi connectivity index (χ0n) is 12.6. The van der Waals surface area contributed by atoms with Crippen molar-refractivity contribution >= 4 is 5.69 Å². The van der Waals surface area contributed by atoms with Crippen LogP contribution in [0.4, 0.5) is 5.69 Å². The summed E-state index contributed by atoms with van der Waals surface area (Å²) in [5, 5.41) is 21.9. The van der Waals surface area contributed by atoms with E-state index in [1.165, 1.54) is 25.7 Å². The molecule has 1 atom stereocenters. The number of benzene rings is 1. The summed E-state index contributed by atoms with van der Waals surface area (Å²) in [6, 6.07) is 9.74. The van der Waals surface area contributed by atoms with Crippen molar-refractivity contribution in [1.82, 2.24) is 0 Å². The summed E-state index contributed by atoms with van der Waals surface area (Å²) >= 11 is 0. The van der Waals surface area contributed by atoms with Gasteiger partial charge in [-0.05, 0) is 36.5 Å². The van der Waals surface area contributed by atoms with Gasteiger partial charge >= 0.3 is 0 Å². The van der Waals surface area contributed by atoms with E-state index >= 15 is 0 Å². The highest BCUT2D eigenvalue weighted by Gasteiger charge is 2.09. The van der Waals surface area contributed by atoms with E-state index in [1.54, 1.807) is 0 Å². The van der Waals surface area contributed by atoms with Crippen LogP contribution in [0.15, 0.2) is 24.3 Å². The van der Waals surface area contributed by atoms with E-state index < -0.39 is 6.10 Å². The van der Waals surface area contributed by atoms with Crippen LogP contribution in [0.1, 0.15) is 57.6 Å². The molecule has 2 N–H and O–H groups in total. The van der Waals surface area contributed by atoms with Crippen LogP contribution < -0.4 is 5.32 Å². The average molecular weight is 274 g/mol. The molecule has 1 aromatic carbocycles. The Morgan fingerprint density at radius 2 is 1.95 bits per heavy atom. The largest absolute Gasteiger partial charge is 0.387 e. The summed E-state index contributed by atoms with van der Waals surface area (Å²) in [5.74, 6) is 0.706. The van der Waals surface area contributed by atoms with Gasteiger partial charge in [-0.3, -0.25) is 0 Å². The fourth-order valence-corrected chi connectivity index (χ4v) is 2.49. The molecule has 0 aliphatic heterocycles. The summed E-state index contributed by atoms with van der Waals surface area (Å²) in [7, 11) is 0. The van der Waals surface area contributed by atoms with Crippen LogP contribution in [-0.2, 0) is 0 Å². The van der Waals surface area contributed by atoms with Gasteiger partial charge in [-0.2, -0.15) is 5.26 Å². The third-order valence-corrected chi connectivity index (χ3v) is 3.54. The van der Waals surface area contributed by atoms with Crippen molar-refractivity contribution in [1.29, 1.82) is 5.26 Å². The molecule has 1 rings (SSSR count). The van der Waals surface area contributed by atoms with Gasteiger partial charge in [-0.25, -0.2) is 0 Å². The average Bonchev–Trinajstić information content (AvgIpc) is 2.46. The molecule has 110 valence electrons. The quantitative estimate of drug-likeness (QED) is 0.707. The van der Waals surface area contributed by atoms with Crippen molar-refractivity contribution in [3.05, 3.63) is 29.8 Å². The van der Waals surface area contributed by atoms with Gasteiger partial charge in [0.2, 0.25) is 0 Å². The normalized spacial score (nSPS) is 12.2. The van der Waals surface area contributed by atoms with Crippen molar-refractivity contribution in [3.8, 4) is 6.07 Å². The Labute approximate surface area is 122 Å². The summed E-state index contributed by atoms with van der Waals surface area (Å²) < 4.78 is 0. The monoisotopic (exact) mass is 274 g/mol. The second kappa shape index (κ2) is 9.39. The van der Waals surface area contributed by atoms with E-state index in [-0.39, 0.29) is 6.42 Å². The standard InChI is InChI=1S/C17H26N2O/c1-3-6-14(7-4-2)13-19-16-9-5-8-15(12-16)17(20)10-11-18/h5,8-9,12,14,17,19-20H,3-4,6-7,10,13H2,1-2H3. The minimum atomic E-state index is -0.691. The molecular formula is C17H26N2O. The first-order valence-electron chi connectivity index (χ1n) is 7.60. The molecule has 0 radical (unpaired) electrons. The SMILES string of the molecule is CCCC(CCC)CNc1cccc(C(O)CC#N)c1. The van der Waals surface area contributed by atoms with E-state index in [0.717, 1.165) is 17.8 Å². The van der Waals surface area contributed by atoms with Gasteiger partial charge in [0.1, 0.15) is 0 Å². The van der Waals surface area contributed by atoms with Gasteiger partial charge in [0, 0.05) is 12.2 Å². The van der Waals surface area contributed by atoms with Crippen LogP contribution in [0.3, 0.4) is 0 Å². The molecule has 1 aromatic rings. The van der Waals surface area contributed by atoms with E-state index in [4.69, 9.17) is 5.26 Å². The first-order chi connectivity index (χ1) is 9.71. The minimum Gasteiger partial charge on any atom is -0.387 e. The predicted octanol–water partition coefficient (Wildman–Crippen LogP) is 4.26. The lowest BCUT2D eigenvalue weighted by Crippen LogP contribution is -2.14. The molecule has 20 heavy (non-hydrogen) atoms. The molecule has 0 saturated heterocycles. The summed E-state index contributed by atoms with van der Waals surface area (Å²) in [4.78, 5) is 0. The fraction of sp³-hybridized carbons (Fsp3) is 0.588. The highest BCUT2D eigenvalue weighted by Crippen LogP contribution is 2.21. The third kappa shape index (κ3) is 5.63. The molecule has 0 aliphatic carbocycles. The number of aliphatic hydroxyl groups excluding tert-OH is 1. The molecular weight excluding hydrogens is 248 g/mol. The van der Waals surface area contributed by atoms with Crippen molar-refractivity contribution in [2.75, 3.05) is 11.9 Å². The van der Waals surface area contributed by atoms with Crippen molar-refractivity contribution < 1.29 is 5.11 Å². The lowest BCUT2D eigenvalue weighted by Gasteiger charge is -2.17. The number of rotatable bonds is 9. The Hall–Kier alpha value is -1.53. The minimum absolute atomic E-state index is 0.137. The topological polar surface area (TPSA) is 56.0 Å². The first kappa shape index (κ1) is 16.5. The molecule has 3 heteroatoms. The second-order valence-electron chi connectivity index (χ2n) is 5.33. The summed E-state index contributed by atoms with van der Waals surface area (Å²) in [5.41, 5.74) is 1.83. The van der Waals surface area contributed by atoms with E-state index in [1.807, 2.05) is 30.3 Å². The molecule has 0 bridgehead atoms. The number of nitriles is 1. The van der Waals surface area contributed by atoms with Crippen molar-refractivity contribution in [2.24, 2.45) is 5.92 Å². The first-order valence-corrected chi connectivity index (χ1v) is 7.60. The number of anilines is 1. The molecule has 0 aliphatic rings. The lowest BCUT2D eigenvalue weighted by molar-refractivity contribution is 0.183. The molecule has 1 unspecified atom stereocenters. The van der Waals surface area contributed by atoms with Gasteiger partial charge in [0.25, 0.3) is 0 Å². The molecule has 0 heterocycles. The second-order valence-corrected chi connectivity index (χ2v) is 5.33. The maximum atomic E-state index is 9.84.